The largest absolute Gasteiger partial charge is 0.466 e. The molecule has 1 aliphatic carbocycles. The Morgan fingerprint density at radius 3 is 2.78 bits per heavy atom. The third-order valence-corrected chi connectivity index (χ3v) is 4.46. The second-order valence-corrected chi connectivity index (χ2v) is 6.51. The summed E-state index contributed by atoms with van der Waals surface area (Å²) in [7, 11) is 0. The van der Waals surface area contributed by atoms with Gasteiger partial charge in [0.1, 0.15) is 11.4 Å². The van der Waals surface area contributed by atoms with E-state index >= 15 is 0 Å². The molecular weight excluding hydrogens is 290 g/mol. The first-order valence-corrected chi connectivity index (χ1v) is 8.18. The molecule has 1 aromatic heterocycles. The molecule has 0 fully saturated rings. The molecule has 0 spiro atoms. The molecule has 0 saturated heterocycles. The molecule has 23 heavy (non-hydrogen) atoms. The van der Waals surface area contributed by atoms with E-state index in [0.29, 0.717) is 12.2 Å². The van der Waals surface area contributed by atoms with Gasteiger partial charge in [-0.3, -0.25) is 4.79 Å². The molecule has 1 atom stereocenters. The van der Waals surface area contributed by atoms with E-state index < -0.39 is 5.60 Å². The lowest BCUT2D eigenvalue weighted by atomic mass is 9.90. The fourth-order valence-electron chi connectivity index (χ4n) is 3.09. The van der Waals surface area contributed by atoms with E-state index in [2.05, 4.69) is 17.4 Å². The zero-order chi connectivity index (χ0) is 16.3. The van der Waals surface area contributed by atoms with Crippen molar-refractivity contribution in [3.8, 4) is 0 Å². The average molecular weight is 313 g/mol. The topological polar surface area (TPSA) is 62.5 Å². The molecule has 1 amide bonds. The summed E-state index contributed by atoms with van der Waals surface area (Å²) in [5, 5.41) is 13.1. The van der Waals surface area contributed by atoms with E-state index in [9.17, 15) is 9.90 Å². The van der Waals surface area contributed by atoms with Gasteiger partial charge in [0.15, 0.2) is 0 Å². The molecule has 0 saturated carbocycles. The first kappa shape index (κ1) is 15.8. The molecule has 1 aliphatic rings. The molecule has 2 N–H and O–H groups in total. The van der Waals surface area contributed by atoms with Crippen LogP contribution in [0.1, 0.15) is 42.2 Å². The summed E-state index contributed by atoms with van der Waals surface area (Å²) in [6.07, 6.45) is 6.59. The maximum absolute atomic E-state index is 12.1. The summed E-state index contributed by atoms with van der Waals surface area (Å²) < 4.78 is 5.21. The molecular formula is C19H23NO3. The average Bonchev–Trinajstić information content (AvgIpc) is 3.08. The van der Waals surface area contributed by atoms with Crippen LogP contribution in [0.3, 0.4) is 0 Å². The van der Waals surface area contributed by atoms with Gasteiger partial charge in [0.2, 0.25) is 5.91 Å². The summed E-state index contributed by atoms with van der Waals surface area (Å²) in [6, 6.07) is 9.76. The number of aryl methyl sites for hydroxylation is 2. The fourth-order valence-corrected chi connectivity index (χ4v) is 3.09. The quantitative estimate of drug-likeness (QED) is 0.892. The second kappa shape index (κ2) is 6.59. The van der Waals surface area contributed by atoms with Gasteiger partial charge in [0, 0.05) is 0 Å². The Hall–Kier alpha value is -2.07. The van der Waals surface area contributed by atoms with Gasteiger partial charge in [-0.15, -0.1) is 0 Å². The van der Waals surface area contributed by atoms with Crippen LogP contribution < -0.4 is 5.32 Å². The predicted molar refractivity (Wildman–Crippen MR) is 88.1 cm³/mol. The van der Waals surface area contributed by atoms with Crippen LogP contribution in [0.2, 0.25) is 0 Å². The SMILES string of the molecule is CC(O)(CNC(=O)Cc1ccc2c(c1)CCCC2)c1ccco1. The monoisotopic (exact) mass is 313 g/mol. The number of nitrogens with one attached hydrogen (secondary N) is 1. The summed E-state index contributed by atoms with van der Waals surface area (Å²) in [4.78, 5) is 12.1. The van der Waals surface area contributed by atoms with Crippen molar-refractivity contribution in [3.05, 3.63) is 59.0 Å². The van der Waals surface area contributed by atoms with Gasteiger partial charge in [0.25, 0.3) is 0 Å². The lowest BCUT2D eigenvalue weighted by molar-refractivity contribution is -0.121. The number of furan rings is 1. The van der Waals surface area contributed by atoms with E-state index in [1.54, 1.807) is 19.1 Å². The number of rotatable bonds is 5. The van der Waals surface area contributed by atoms with Gasteiger partial charge in [-0.1, -0.05) is 18.2 Å². The fraction of sp³-hybridized carbons (Fsp3) is 0.421. The molecule has 1 unspecified atom stereocenters. The van der Waals surface area contributed by atoms with Gasteiger partial charge < -0.3 is 14.8 Å². The summed E-state index contributed by atoms with van der Waals surface area (Å²) in [5.41, 5.74) is 2.63. The molecule has 122 valence electrons. The Morgan fingerprint density at radius 2 is 2.04 bits per heavy atom. The van der Waals surface area contributed by atoms with Crippen LogP contribution in [0.5, 0.6) is 0 Å². The minimum Gasteiger partial charge on any atom is -0.466 e. The van der Waals surface area contributed by atoms with Crippen LogP contribution in [0.25, 0.3) is 0 Å². The minimum absolute atomic E-state index is 0.0902. The van der Waals surface area contributed by atoms with Crippen molar-refractivity contribution in [2.45, 2.75) is 44.6 Å². The summed E-state index contributed by atoms with van der Waals surface area (Å²) in [6.45, 7) is 1.76. The molecule has 3 rings (SSSR count). The van der Waals surface area contributed by atoms with Crippen LogP contribution in [-0.2, 0) is 29.7 Å². The number of hydrogen-bond donors (Lipinski definition) is 2. The lowest BCUT2D eigenvalue weighted by Gasteiger charge is -2.21. The molecule has 0 bridgehead atoms. The highest BCUT2D eigenvalue weighted by Gasteiger charge is 2.26. The van der Waals surface area contributed by atoms with Crippen LogP contribution in [-0.4, -0.2) is 17.6 Å². The van der Waals surface area contributed by atoms with Crippen molar-refractivity contribution in [1.29, 1.82) is 0 Å². The zero-order valence-electron chi connectivity index (χ0n) is 13.5. The maximum Gasteiger partial charge on any atom is 0.224 e. The van der Waals surface area contributed by atoms with Crippen LogP contribution >= 0.6 is 0 Å². The van der Waals surface area contributed by atoms with Crippen molar-refractivity contribution in [2.24, 2.45) is 0 Å². The second-order valence-electron chi connectivity index (χ2n) is 6.51. The molecule has 1 aromatic carbocycles. The number of hydrogen-bond acceptors (Lipinski definition) is 3. The molecule has 1 heterocycles. The smallest absolute Gasteiger partial charge is 0.224 e. The van der Waals surface area contributed by atoms with E-state index in [4.69, 9.17) is 4.42 Å². The van der Waals surface area contributed by atoms with E-state index in [-0.39, 0.29) is 12.5 Å². The Morgan fingerprint density at radius 1 is 1.26 bits per heavy atom. The number of aliphatic hydroxyl groups is 1. The molecule has 4 nitrogen and oxygen atoms in total. The normalized spacial score (nSPS) is 16.4. The van der Waals surface area contributed by atoms with E-state index in [0.717, 1.165) is 18.4 Å². The van der Waals surface area contributed by atoms with Gasteiger partial charge in [-0.05, 0) is 61.4 Å². The molecule has 0 radical (unpaired) electrons. The summed E-state index contributed by atoms with van der Waals surface area (Å²) in [5.74, 6) is 0.360. The van der Waals surface area contributed by atoms with Crippen LogP contribution in [0.4, 0.5) is 0 Å². The Bertz CT molecular complexity index is 674. The summed E-state index contributed by atoms with van der Waals surface area (Å²) >= 11 is 0. The van der Waals surface area contributed by atoms with Gasteiger partial charge in [-0.25, -0.2) is 0 Å². The molecule has 4 heteroatoms. The number of carbonyl (C=O) groups excluding carboxylic acids is 1. The van der Waals surface area contributed by atoms with Crippen molar-refractivity contribution in [3.63, 3.8) is 0 Å². The van der Waals surface area contributed by atoms with E-state index in [1.165, 1.54) is 30.2 Å². The Balaban J connectivity index is 1.57. The highest BCUT2D eigenvalue weighted by atomic mass is 16.4. The minimum atomic E-state index is -1.20. The number of carbonyl (C=O) groups is 1. The van der Waals surface area contributed by atoms with Crippen molar-refractivity contribution in [1.82, 2.24) is 5.32 Å². The molecule has 2 aromatic rings. The predicted octanol–water partition coefficient (Wildman–Crippen LogP) is 2.72. The Kier molecular flexibility index (Phi) is 4.53. The third kappa shape index (κ3) is 3.82. The van der Waals surface area contributed by atoms with Gasteiger partial charge in [0.05, 0.1) is 19.2 Å². The number of fused-ring (bicyclic) bond motifs is 1. The van der Waals surface area contributed by atoms with E-state index in [1.807, 2.05) is 6.07 Å². The highest BCUT2D eigenvalue weighted by Crippen LogP contribution is 2.23. The van der Waals surface area contributed by atoms with Crippen molar-refractivity contribution < 1.29 is 14.3 Å². The van der Waals surface area contributed by atoms with Crippen LogP contribution in [0.15, 0.2) is 41.0 Å². The first-order chi connectivity index (χ1) is 11.0. The third-order valence-electron chi connectivity index (χ3n) is 4.46. The first-order valence-electron chi connectivity index (χ1n) is 8.18. The van der Waals surface area contributed by atoms with Crippen LogP contribution in [0, 0.1) is 0 Å². The van der Waals surface area contributed by atoms with Gasteiger partial charge >= 0.3 is 0 Å². The van der Waals surface area contributed by atoms with Crippen molar-refractivity contribution >= 4 is 5.91 Å². The lowest BCUT2D eigenvalue weighted by Crippen LogP contribution is -2.39. The molecule has 0 aliphatic heterocycles. The highest BCUT2D eigenvalue weighted by molar-refractivity contribution is 5.78. The Labute approximate surface area is 136 Å². The van der Waals surface area contributed by atoms with Crippen molar-refractivity contribution in [2.75, 3.05) is 6.54 Å². The zero-order valence-corrected chi connectivity index (χ0v) is 13.5. The number of amides is 1. The van der Waals surface area contributed by atoms with Gasteiger partial charge in [-0.2, -0.15) is 0 Å². The maximum atomic E-state index is 12.1. The standard InChI is InChI=1S/C19H23NO3/c1-19(22,17-7-4-10-23-17)13-20-18(21)12-14-8-9-15-5-2-3-6-16(15)11-14/h4,7-11,22H,2-3,5-6,12-13H2,1H3,(H,20,21). The number of benzene rings is 1.